The molecule has 1 aliphatic rings. The van der Waals surface area contributed by atoms with Crippen LogP contribution in [0.3, 0.4) is 0 Å². The van der Waals surface area contributed by atoms with Gasteiger partial charge in [0.15, 0.2) is 0 Å². The molecular formula is C24H24N2O3. The first kappa shape index (κ1) is 18.9. The van der Waals surface area contributed by atoms with E-state index in [1.54, 1.807) is 12.1 Å². The molecule has 3 aromatic rings. The minimum atomic E-state index is 0.0283. The van der Waals surface area contributed by atoms with Crippen LogP contribution < -0.4 is 9.64 Å². The van der Waals surface area contributed by atoms with Gasteiger partial charge in [0.05, 0.1) is 0 Å². The second-order valence-electron chi connectivity index (χ2n) is 7.10. The lowest BCUT2D eigenvalue weighted by Crippen LogP contribution is -2.48. The Kier molecular flexibility index (Phi) is 5.66. The Morgan fingerprint density at radius 3 is 2.31 bits per heavy atom. The van der Waals surface area contributed by atoms with Crippen molar-refractivity contribution < 1.29 is 14.6 Å². The van der Waals surface area contributed by atoms with Crippen LogP contribution in [-0.2, 0) is 6.61 Å². The van der Waals surface area contributed by atoms with E-state index < -0.39 is 0 Å². The average Bonchev–Trinajstić information content (AvgIpc) is 2.79. The number of ether oxygens (including phenoxy) is 1. The summed E-state index contributed by atoms with van der Waals surface area (Å²) in [5, 5.41) is 9.44. The van der Waals surface area contributed by atoms with Crippen LogP contribution >= 0.6 is 0 Å². The fraction of sp³-hybridized carbons (Fsp3) is 0.208. The van der Waals surface area contributed by atoms with Crippen molar-refractivity contribution in [2.24, 2.45) is 0 Å². The number of nitrogens with zero attached hydrogens (tertiary/aromatic N) is 2. The largest absolute Gasteiger partial charge is 0.508 e. The molecule has 1 heterocycles. The molecule has 5 heteroatoms. The Bertz CT molecular complexity index is 949. The highest BCUT2D eigenvalue weighted by Gasteiger charge is 2.22. The molecule has 148 valence electrons. The average molecular weight is 388 g/mol. The van der Waals surface area contributed by atoms with E-state index >= 15 is 0 Å². The Morgan fingerprint density at radius 1 is 0.862 bits per heavy atom. The summed E-state index contributed by atoms with van der Waals surface area (Å²) in [6.07, 6.45) is 0. The summed E-state index contributed by atoms with van der Waals surface area (Å²) in [4.78, 5) is 17.0. The number of benzene rings is 3. The van der Waals surface area contributed by atoms with Gasteiger partial charge >= 0.3 is 0 Å². The van der Waals surface area contributed by atoms with Gasteiger partial charge in [0, 0.05) is 37.4 Å². The van der Waals surface area contributed by atoms with Gasteiger partial charge in [-0.3, -0.25) is 4.79 Å². The maximum absolute atomic E-state index is 12.9. The molecule has 29 heavy (non-hydrogen) atoms. The summed E-state index contributed by atoms with van der Waals surface area (Å²) in [5.41, 5.74) is 2.80. The minimum Gasteiger partial charge on any atom is -0.508 e. The Morgan fingerprint density at radius 2 is 1.59 bits per heavy atom. The van der Waals surface area contributed by atoms with E-state index in [1.165, 1.54) is 0 Å². The third-order valence-corrected chi connectivity index (χ3v) is 5.11. The predicted octanol–water partition coefficient (Wildman–Crippen LogP) is 3.93. The van der Waals surface area contributed by atoms with Crippen LogP contribution in [0.4, 0.5) is 5.69 Å². The molecule has 1 N–H and O–H groups in total. The molecular weight excluding hydrogens is 364 g/mol. The Labute approximate surface area is 170 Å². The van der Waals surface area contributed by atoms with Crippen LogP contribution in [0.25, 0.3) is 0 Å². The number of carbonyl (C=O) groups excluding carboxylic acids is 1. The van der Waals surface area contributed by atoms with Crippen molar-refractivity contribution >= 4 is 11.6 Å². The number of hydrogen-bond acceptors (Lipinski definition) is 4. The highest BCUT2D eigenvalue weighted by Crippen LogP contribution is 2.21. The first-order valence-corrected chi connectivity index (χ1v) is 9.79. The highest BCUT2D eigenvalue weighted by molar-refractivity contribution is 5.94. The van der Waals surface area contributed by atoms with Crippen molar-refractivity contribution in [3.63, 3.8) is 0 Å². The van der Waals surface area contributed by atoms with Crippen molar-refractivity contribution in [1.82, 2.24) is 4.90 Å². The van der Waals surface area contributed by atoms with E-state index in [1.807, 2.05) is 71.6 Å². The second kappa shape index (κ2) is 8.69. The van der Waals surface area contributed by atoms with Crippen molar-refractivity contribution in [2.45, 2.75) is 6.61 Å². The van der Waals surface area contributed by atoms with Gasteiger partial charge < -0.3 is 19.6 Å². The lowest BCUT2D eigenvalue weighted by Gasteiger charge is -2.36. The molecule has 5 nitrogen and oxygen atoms in total. The van der Waals surface area contributed by atoms with Gasteiger partial charge in [-0.25, -0.2) is 0 Å². The number of anilines is 1. The number of rotatable bonds is 5. The zero-order valence-corrected chi connectivity index (χ0v) is 16.2. The summed E-state index contributed by atoms with van der Waals surface area (Å²) in [6, 6.07) is 24.6. The third kappa shape index (κ3) is 4.69. The number of phenols is 1. The van der Waals surface area contributed by atoms with Crippen LogP contribution in [0.2, 0.25) is 0 Å². The fourth-order valence-electron chi connectivity index (χ4n) is 3.47. The first-order valence-electron chi connectivity index (χ1n) is 9.79. The van der Waals surface area contributed by atoms with Gasteiger partial charge in [-0.15, -0.1) is 0 Å². The van der Waals surface area contributed by atoms with E-state index in [4.69, 9.17) is 4.74 Å². The van der Waals surface area contributed by atoms with E-state index in [0.717, 1.165) is 24.3 Å². The van der Waals surface area contributed by atoms with E-state index in [-0.39, 0.29) is 11.7 Å². The number of carbonyl (C=O) groups is 1. The highest BCUT2D eigenvalue weighted by atomic mass is 16.5. The number of piperazine rings is 1. The quantitative estimate of drug-likeness (QED) is 0.720. The van der Waals surface area contributed by atoms with Crippen LogP contribution in [0.1, 0.15) is 15.9 Å². The van der Waals surface area contributed by atoms with E-state index in [9.17, 15) is 9.90 Å². The monoisotopic (exact) mass is 388 g/mol. The normalized spacial score (nSPS) is 13.9. The smallest absolute Gasteiger partial charge is 0.254 e. The van der Waals surface area contributed by atoms with Crippen molar-refractivity contribution in [3.8, 4) is 11.5 Å². The van der Waals surface area contributed by atoms with Gasteiger partial charge in [0.1, 0.15) is 18.1 Å². The topological polar surface area (TPSA) is 53.0 Å². The predicted molar refractivity (Wildman–Crippen MR) is 113 cm³/mol. The molecule has 4 rings (SSSR count). The molecule has 0 radical (unpaired) electrons. The molecule has 0 aliphatic carbocycles. The van der Waals surface area contributed by atoms with Gasteiger partial charge in [0.2, 0.25) is 0 Å². The zero-order valence-electron chi connectivity index (χ0n) is 16.2. The first-order chi connectivity index (χ1) is 14.2. The van der Waals surface area contributed by atoms with Crippen molar-refractivity contribution in [3.05, 3.63) is 90.0 Å². The number of amides is 1. The summed E-state index contributed by atoms with van der Waals surface area (Å²) < 4.78 is 5.86. The molecule has 1 fully saturated rings. The standard InChI is InChI=1S/C24H24N2O3/c27-22-11-9-21(10-12-22)25-13-15-26(16-14-25)24(28)20-7-4-8-23(17-20)29-18-19-5-2-1-3-6-19/h1-12,17,27H,13-16,18H2. The molecule has 1 amide bonds. The Hall–Kier alpha value is -3.47. The molecule has 0 saturated carbocycles. The molecule has 0 atom stereocenters. The SMILES string of the molecule is O=C(c1cccc(OCc2ccccc2)c1)N1CCN(c2ccc(O)cc2)CC1. The van der Waals surface area contributed by atoms with Gasteiger partial charge in [-0.05, 0) is 48.0 Å². The van der Waals surface area contributed by atoms with Crippen LogP contribution in [0, 0.1) is 0 Å². The Balaban J connectivity index is 1.35. The van der Waals surface area contributed by atoms with Crippen LogP contribution in [0.5, 0.6) is 11.5 Å². The summed E-state index contributed by atoms with van der Waals surface area (Å²) in [5.74, 6) is 0.986. The lowest BCUT2D eigenvalue weighted by atomic mass is 10.1. The molecule has 0 unspecified atom stereocenters. The third-order valence-electron chi connectivity index (χ3n) is 5.11. The van der Waals surface area contributed by atoms with Crippen LogP contribution in [-0.4, -0.2) is 42.1 Å². The van der Waals surface area contributed by atoms with Crippen molar-refractivity contribution in [2.75, 3.05) is 31.1 Å². The zero-order chi connectivity index (χ0) is 20.1. The molecule has 1 aliphatic heterocycles. The molecule has 3 aromatic carbocycles. The van der Waals surface area contributed by atoms with Crippen molar-refractivity contribution in [1.29, 1.82) is 0 Å². The summed E-state index contributed by atoms with van der Waals surface area (Å²) in [6.45, 7) is 3.33. The number of phenolic OH excluding ortho intramolecular Hbond substituents is 1. The second-order valence-corrected chi connectivity index (χ2v) is 7.10. The van der Waals surface area contributed by atoms with Gasteiger partial charge in [-0.2, -0.15) is 0 Å². The van der Waals surface area contributed by atoms with Crippen LogP contribution in [0.15, 0.2) is 78.9 Å². The summed E-state index contributed by atoms with van der Waals surface area (Å²) in [7, 11) is 0. The van der Waals surface area contributed by atoms with Gasteiger partial charge in [-0.1, -0.05) is 36.4 Å². The minimum absolute atomic E-state index is 0.0283. The lowest BCUT2D eigenvalue weighted by molar-refractivity contribution is 0.0746. The fourth-order valence-corrected chi connectivity index (χ4v) is 3.47. The molecule has 0 bridgehead atoms. The number of hydrogen-bond donors (Lipinski definition) is 1. The molecule has 0 aromatic heterocycles. The van der Waals surface area contributed by atoms with Gasteiger partial charge in [0.25, 0.3) is 5.91 Å². The molecule has 1 saturated heterocycles. The maximum atomic E-state index is 12.9. The molecule has 0 spiro atoms. The summed E-state index contributed by atoms with van der Waals surface area (Å²) >= 11 is 0. The van der Waals surface area contributed by atoms with E-state index in [2.05, 4.69) is 4.90 Å². The number of aromatic hydroxyl groups is 1. The van der Waals surface area contributed by atoms with E-state index in [0.29, 0.717) is 31.0 Å². The maximum Gasteiger partial charge on any atom is 0.254 e.